The third kappa shape index (κ3) is 4.70. The molecular weight excluding hydrogens is 222 g/mol. The molecule has 2 amide bonds. The van der Waals surface area contributed by atoms with Crippen molar-refractivity contribution in [1.29, 1.82) is 0 Å². The number of rotatable bonds is 6. The van der Waals surface area contributed by atoms with Gasteiger partial charge in [0.25, 0.3) is 0 Å². The molecular formula is C11H21N3O3. The summed E-state index contributed by atoms with van der Waals surface area (Å²) in [6.45, 7) is 2.69. The molecule has 0 saturated carbocycles. The molecule has 1 rings (SSSR count). The van der Waals surface area contributed by atoms with Crippen LogP contribution in [0.5, 0.6) is 0 Å². The van der Waals surface area contributed by atoms with E-state index in [9.17, 15) is 9.59 Å². The molecule has 0 radical (unpaired) electrons. The van der Waals surface area contributed by atoms with Crippen molar-refractivity contribution < 1.29 is 14.3 Å². The third-order valence-corrected chi connectivity index (χ3v) is 2.94. The summed E-state index contributed by atoms with van der Waals surface area (Å²) in [5, 5.41) is 3.00. The first-order chi connectivity index (χ1) is 8.15. The van der Waals surface area contributed by atoms with E-state index in [-0.39, 0.29) is 24.3 Å². The SMILES string of the molecule is COCCNCC(=O)N1CCCC(C(N)=O)C1. The first-order valence-corrected chi connectivity index (χ1v) is 5.92. The van der Waals surface area contributed by atoms with Crippen molar-refractivity contribution in [3.05, 3.63) is 0 Å². The van der Waals surface area contributed by atoms with Crippen LogP contribution in [-0.2, 0) is 14.3 Å². The molecule has 3 N–H and O–H groups in total. The van der Waals surface area contributed by atoms with Crippen molar-refractivity contribution in [1.82, 2.24) is 10.2 Å². The van der Waals surface area contributed by atoms with Crippen LogP contribution in [0.2, 0.25) is 0 Å². The molecule has 17 heavy (non-hydrogen) atoms. The lowest BCUT2D eigenvalue weighted by atomic mass is 9.97. The van der Waals surface area contributed by atoms with Crippen molar-refractivity contribution in [3.8, 4) is 0 Å². The zero-order valence-corrected chi connectivity index (χ0v) is 10.3. The highest BCUT2D eigenvalue weighted by Gasteiger charge is 2.26. The molecule has 6 nitrogen and oxygen atoms in total. The van der Waals surface area contributed by atoms with Crippen LogP contribution in [-0.4, -0.2) is 56.6 Å². The van der Waals surface area contributed by atoms with E-state index >= 15 is 0 Å². The largest absolute Gasteiger partial charge is 0.383 e. The van der Waals surface area contributed by atoms with Crippen LogP contribution in [0.1, 0.15) is 12.8 Å². The summed E-state index contributed by atoms with van der Waals surface area (Å²) in [6, 6.07) is 0. The standard InChI is InChI=1S/C11H21N3O3/c1-17-6-4-13-7-10(15)14-5-2-3-9(8-14)11(12)16/h9,13H,2-8H2,1H3,(H2,12,16). The molecule has 0 aromatic carbocycles. The number of nitrogens with zero attached hydrogens (tertiary/aromatic N) is 1. The summed E-state index contributed by atoms with van der Waals surface area (Å²) in [5.74, 6) is -0.478. The number of carbonyl (C=O) groups excluding carboxylic acids is 2. The monoisotopic (exact) mass is 243 g/mol. The molecule has 1 aliphatic rings. The minimum absolute atomic E-state index is 0.0204. The fourth-order valence-electron chi connectivity index (χ4n) is 1.92. The molecule has 1 heterocycles. The maximum atomic E-state index is 11.8. The molecule has 1 atom stereocenters. The highest BCUT2D eigenvalue weighted by molar-refractivity contribution is 5.81. The Bertz CT molecular complexity index is 271. The third-order valence-electron chi connectivity index (χ3n) is 2.94. The van der Waals surface area contributed by atoms with Crippen molar-refractivity contribution >= 4 is 11.8 Å². The Morgan fingerprint density at radius 3 is 2.94 bits per heavy atom. The molecule has 1 unspecified atom stereocenters. The Hall–Kier alpha value is -1.14. The maximum Gasteiger partial charge on any atom is 0.236 e. The zero-order valence-electron chi connectivity index (χ0n) is 10.3. The zero-order chi connectivity index (χ0) is 12.7. The predicted octanol–water partition coefficient (Wildman–Crippen LogP) is -1.05. The second kappa shape index (κ2) is 7.24. The average molecular weight is 243 g/mol. The fourth-order valence-corrected chi connectivity index (χ4v) is 1.92. The minimum Gasteiger partial charge on any atom is -0.383 e. The van der Waals surface area contributed by atoms with Crippen molar-refractivity contribution in [2.24, 2.45) is 11.7 Å². The number of methoxy groups -OCH3 is 1. The number of primary amides is 1. The van der Waals surface area contributed by atoms with Crippen molar-refractivity contribution in [2.45, 2.75) is 12.8 Å². The van der Waals surface area contributed by atoms with E-state index in [0.29, 0.717) is 26.2 Å². The number of carbonyl (C=O) groups is 2. The van der Waals surface area contributed by atoms with Gasteiger partial charge in [-0.15, -0.1) is 0 Å². The Balaban J connectivity index is 2.28. The summed E-state index contributed by atoms with van der Waals surface area (Å²) in [4.78, 5) is 24.6. The number of ether oxygens (including phenoxy) is 1. The molecule has 0 spiro atoms. The molecule has 1 aliphatic heterocycles. The van der Waals surface area contributed by atoms with Crippen molar-refractivity contribution in [2.75, 3.05) is 39.9 Å². The smallest absolute Gasteiger partial charge is 0.236 e. The van der Waals surface area contributed by atoms with Gasteiger partial charge in [0.1, 0.15) is 0 Å². The number of amides is 2. The Kier molecular flexibility index (Phi) is 5.93. The molecule has 6 heteroatoms. The molecule has 0 aromatic rings. The number of nitrogens with two attached hydrogens (primary N) is 1. The minimum atomic E-state index is -0.310. The predicted molar refractivity (Wildman–Crippen MR) is 63.2 cm³/mol. The number of hydrogen-bond acceptors (Lipinski definition) is 4. The van der Waals surface area contributed by atoms with Gasteiger partial charge in [-0.25, -0.2) is 0 Å². The number of hydrogen-bond donors (Lipinski definition) is 2. The summed E-state index contributed by atoms with van der Waals surface area (Å²) >= 11 is 0. The summed E-state index contributed by atoms with van der Waals surface area (Å²) in [5.41, 5.74) is 5.26. The molecule has 1 fully saturated rings. The lowest BCUT2D eigenvalue weighted by Crippen LogP contribution is -2.47. The van der Waals surface area contributed by atoms with Crippen LogP contribution in [0.4, 0.5) is 0 Å². The number of piperidine rings is 1. The molecule has 0 bridgehead atoms. The van der Waals surface area contributed by atoms with Gasteiger partial charge in [-0.3, -0.25) is 9.59 Å². The van der Waals surface area contributed by atoms with Gasteiger partial charge < -0.3 is 20.7 Å². The summed E-state index contributed by atoms with van der Waals surface area (Å²) in [6.07, 6.45) is 1.63. The van der Waals surface area contributed by atoms with Crippen LogP contribution in [0.3, 0.4) is 0 Å². The Morgan fingerprint density at radius 1 is 1.53 bits per heavy atom. The van der Waals surface area contributed by atoms with E-state index in [1.807, 2.05) is 0 Å². The topological polar surface area (TPSA) is 84.7 Å². The number of nitrogens with one attached hydrogen (secondary N) is 1. The van der Waals surface area contributed by atoms with Crippen LogP contribution in [0.15, 0.2) is 0 Å². The van der Waals surface area contributed by atoms with Gasteiger partial charge in [-0.2, -0.15) is 0 Å². The maximum absolute atomic E-state index is 11.8. The van der Waals surface area contributed by atoms with Crippen LogP contribution in [0, 0.1) is 5.92 Å². The van der Waals surface area contributed by atoms with Gasteiger partial charge in [-0.05, 0) is 12.8 Å². The van der Waals surface area contributed by atoms with Gasteiger partial charge in [0, 0.05) is 26.7 Å². The molecule has 1 saturated heterocycles. The van der Waals surface area contributed by atoms with E-state index in [1.54, 1.807) is 12.0 Å². The van der Waals surface area contributed by atoms with E-state index < -0.39 is 0 Å². The Labute approximate surface area is 101 Å². The fraction of sp³-hybridized carbons (Fsp3) is 0.818. The summed E-state index contributed by atoms with van der Waals surface area (Å²) in [7, 11) is 1.62. The molecule has 98 valence electrons. The molecule has 0 aromatic heterocycles. The highest BCUT2D eigenvalue weighted by Crippen LogP contribution is 2.15. The highest BCUT2D eigenvalue weighted by atomic mass is 16.5. The van der Waals surface area contributed by atoms with Gasteiger partial charge in [0.2, 0.25) is 11.8 Å². The second-order valence-electron chi connectivity index (χ2n) is 4.25. The first kappa shape index (κ1) is 13.9. The van der Waals surface area contributed by atoms with Crippen LogP contribution >= 0.6 is 0 Å². The summed E-state index contributed by atoms with van der Waals surface area (Å²) < 4.78 is 4.87. The molecule has 0 aliphatic carbocycles. The lowest BCUT2D eigenvalue weighted by Gasteiger charge is -2.31. The lowest BCUT2D eigenvalue weighted by molar-refractivity contribution is -0.134. The van der Waals surface area contributed by atoms with Gasteiger partial charge in [0.15, 0.2) is 0 Å². The quantitative estimate of drug-likeness (QED) is 0.583. The van der Waals surface area contributed by atoms with Gasteiger partial charge >= 0.3 is 0 Å². The number of likely N-dealkylation sites (tertiary alicyclic amines) is 1. The van der Waals surface area contributed by atoms with Crippen molar-refractivity contribution in [3.63, 3.8) is 0 Å². The van der Waals surface area contributed by atoms with Gasteiger partial charge in [-0.1, -0.05) is 0 Å². The van der Waals surface area contributed by atoms with E-state index in [4.69, 9.17) is 10.5 Å². The average Bonchev–Trinajstić information content (AvgIpc) is 2.34. The second-order valence-corrected chi connectivity index (χ2v) is 4.25. The normalized spacial score (nSPS) is 20.3. The van der Waals surface area contributed by atoms with E-state index in [0.717, 1.165) is 12.8 Å². The van der Waals surface area contributed by atoms with E-state index in [2.05, 4.69) is 5.32 Å². The van der Waals surface area contributed by atoms with E-state index in [1.165, 1.54) is 0 Å². The van der Waals surface area contributed by atoms with Gasteiger partial charge in [0.05, 0.1) is 19.1 Å². The first-order valence-electron chi connectivity index (χ1n) is 5.92. The van der Waals surface area contributed by atoms with Crippen LogP contribution < -0.4 is 11.1 Å². The Morgan fingerprint density at radius 2 is 2.29 bits per heavy atom. The van der Waals surface area contributed by atoms with Crippen LogP contribution in [0.25, 0.3) is 0 Å².